The second-order valence-electron chi connectivity index (χ2n) is 4.84. The van der Waals surface area contributed by atoms with Crippen LogP contribution >= 0.6 is 11.8 Å². The molecule has 0 bridgehead atoms. The first-order valence-electron chi connectivity index (χ1n) is 7.11. The van der Waals surface area contributed by atoms with Crippen molar-refractivity contribution in [3.63, 3.8) is 0 Å². The Hall–Kier alpha value is -1.78. The lowest BCUT2D eigenvalue weighted by Gasteiger charge is -2.17. The standard InChI is InChI=1S/C17H18N2OS/c1-3-13(18-2)12-8-4-7-11-16(12)21-17-19-14-9-5-6-10-15(14)20-17/h4-11,13,18H,3H2,1-2H3. The summed E-state index contributed by atoms with van der Waals surface area (Å²) >= 11 is 1.58. The highest BCUT2D eigenvalue weighted by Crippen LogP contribution is 2.35. The average molecular weight is 298 g/mol. The van der Waals surface area contributed by atoms with Gasteiger partial charge in [0.05, 0.1) is 0 Å². The topological polar surface area (TPSA) is 38.1 Å². The Kier molecular flexibility index (Phi) is 4.27. The third-order valence-electron chi connectivity index (χ3n) is 3.52. The molecule has 0 spiro atoms. The largest absolute Gasteiger partial charge is 0.431 e. The van der Waals surface area contributed by atoms with Crippen molar-refractivity contribution in [2.24, 2.45) is 0 Å². The monoisotopic (exact) mass is 298 g/mol. The molecule has 0 radical (unpaired) electrons. The Morgan fingerprint density at radius 3 is 2.67 bits per heavy atom. The van der Waals surface area contributed by atoms with Gasteiger partial charge in [0.1, 0.15) is 5.52 Å². The number of para-hydroxylation sites is 2. The third-order valence-corrected chi connectivity index (χ3v) is 4.46. The quantitative estimate of drug-likeness (QED) is 0.744. The fraction of sp³-hybridized carbons (Fsp3) is 0.235. The molecule has 108 valence electrons. The van der Waals surface area contributed by atoms with Gasteiger partial charge in [-0.25, -0.2) is 4.98 Å². The molecule has 0 aliphatic heterocycles. The maximum atomic E-state index is 5.81. The first kappa shape index (κ1) is 14.2. The number of hydrogen-bond donors (Lipinski definition) is 1. The molecule has 0 amide bonds. The number of oxazole rings is 1. The summed E-state index contributed by atoms with van der Waals surface area (Å²) in [4.78, 5) is 5.72. The van der Waals surface area contributed by atoms with E-state index in [0.29, 0.717) is 11.3 Å². The second-order valence-corrected chi connectivity index (χ2v) is 5.83. The predicted octanol–water partition coefficient (Wildman–Crippen LogP) is 4.65. The highest BCUT2D eigenvalue weighted by atomic mass is 32.2. The third kappa shape index (κ3) is 2.96. The molecule has 21 heavy (non-hydrogen) atoms. The van der Waals surface area contributed by atoms with Gasteiger partial charge in [-0.15, -0.1) is 0 Å². The molecule has 1 atom stereocenters. The number of aromatic nitrogens is 1. The van der Waals surface area contributed by atoms with Gasteiger partial charge in [-0.3, -0.25) is 0 Å². The zero-order valence-corrected chi connectivity index (χ0v) is 13.0. The molecule has 0 saturated carbocycles. The fourth-order valence-corrected chi connectivity index (χ4v) is 3.37. The highest BCUT2D eigenvalue weighted by molar-refractivity contribution is 7.99. The molecule has 2 aromatic carbocycles. The van der Waals surface area contributed by atoms with Gasteiger partial charge in [0, 0.05) is 10.9 Å². The molecular formula is C17H18N2OS. The summed E-state index contributed by atoms with van der Waals surface area (Å²) in [7, 11) is 2.00. The van der Waals surface area contributed by atoms with E-state index in [-0.39, 0.29) is 0 Å². The van der Waals surface area contributed by atoms with Crippen LogP contribution in [-0.4, -0.2) is 12.0 Å². The van der Waals surface area contributed by atoms with E-state index in [1.54, 1.807) is 11.8 Å². The summed E-state index contributed by atoms with van der Waals surface area (Å²) in [6.07, 6.45) is 1.04. The summed E-state index contributed by atoms with van der Waals surface area (Å²) in [5.41, 5.74) is 3.02. The van der Waals surface area contributed by atoms with Crippen molar-refractivity contribution in [1.82, 2.24) is 10.3 Å². The minimum Gasteiger partial charge on any atom is -0.431 e. The normalized spacial score (nSPS) is 12.7. The molecule has 0 aliphatic rings. The van der Waals surface area contributed by atoms with Crippen LogP contribution in [0.4, 0.5) is 0 Å². The molecule has 1 N–H and O–H groups in total. The van der Waals surface area contributed by atoms with Crippen LogP contribution in [0.15, 0.2) is 63.1 Å². The number of nitrogens with one attached hydrogen (secondary N) is 1. The van der Waals surface area contributed by atoms with Crippen molar-refractivity contribution in [1.29, 1.82) is 0 Å². The lowest BCUT2D eigenvalue weighted by Crippen LogP contribution is -2.15. The Labute approximate surface area is 128 Å². The Morgan fingerprint density at radius 1 is 1.14 bits per heavy atom. The molecule has 0 saturated heterocycles. The average Bonchev–Trinajstić information content (AvgIpc) is 2.92. The van der Waals surface area contributed by atoms with Gasteiger partial charge in [0.15, 0.2) is 5.58 Å². The van der Waals surface area contributed by atoms with Gasteiger partial charge in [0.2, 0.25) is 0 Å². The van der Waals surface area contributed by atoms with E-state index in [1.807, 2.05) is 31.3 Å². The molecule has 3 rings (SSSR count). The van der Waals surface area contributed by atoms with Crippen molar-refractivity contribution in [2.75, 3.05) is 7.05 Å². The fourth-order valence-electron chi connectivity index (χ4n) is 2.43. The van der Waals surface area contributed by atoms with E-state index in [4.69, 9.17) is 4.42 Å². The molecule has 0 fully saturated rings. The van der Waals surface area contributed by atoms with Gasteiger partial charge < -0.3 is 9.73 Å². The molecule has 1 unspecified atom stereocenters. The van der Waals surface area contributed by atoms with E-state index >= 15 is 0 Å². The van der Waals surface area contributed by atoms with Crippen LogP contribution in [0.5, 0.6) is 0 Å². The highest BCUT2D eigenvalue weighted by Gasteiger charge is 2.14. The van der Waals surface area contributed by atoms with Crippen LogP contribution in [0.1, 0.15) is 24.9 Å². The summed E-state index contributed by atoms with van der Waals surface area (Å²) in [6.45, 7) is 2.18. The van der Waals surface area contributed by atoms with E-state index in [1.165, 1.54) is 10.5 Å². The van der Waals surface area contributed by atoms with Gasteiger partial charge >= 0.3 is 0 Å². The number of rotatable bonds is 5. The van der Waals surface area contributed by atoms with Crippen molar-refractivity contribution < 1.29 is 4.42 Å². The Bertz CT molecular complexity index is 701. The van der Waals surface area contributed by atoms with Gasteiger partial charge in [0.25, 0.3) is 5.22 Å². The Morgan fingerprint density at radius 2 is 1.90 bits per heavy atom. The van der Waals surface area contributed by atoms with E-state index in [0.717, 1.165) is 17.5 Å². The van der Waals surface area contributed by atoms with Crippen LogP contribution in [0.25, 0.3) is 11.1 Å². The first-order chi connectivity index (χ1) is 10.3. The van der Waals surface area contributed by atoms with Gasteiger partial charge in [-0.1, -0.05) is 37.3 Å². The van der Waals surface area contributed by atoms with Gasteiger partial charge in [-0.2, -0.15) is 0 Å². The minimum atomic E-state index is 0.345. The summed E-state index contributed by atoms with van der Waals surface area (Å²) in [5.74, 6) is 0. The summed E-state index contributed by atoms with van der Waals surface area (Å²) in [5, 5.41) is 4.05. The van der Waals surface area contributed by atoms with Crippen molar-refractivity contribution in [2.45, 2.75) is 29.5 Å². The zero-order valence-electron chi connectivity index (χ0n) is 12.2. The summed E-state index contributed by atoms with van der Waals surface area (Å²) < 4.78 is 5.81. The van der Waals surface area contributed by atoms with Crippen LogP contribution in [0, 0.1) is 0 Å². The smallest absolute Gasteiger partial charge is 0.261 e. The molecule has 3 aromatic rings. The Balaban J connectivity index is 1.94. The van der Waals surface area contributed by atoms with Gasteiger partial charge in [-0.05, 0) is 49.0 Å². The molecule has 4 heteroatoms. The van der Waals surface area contributed by atoms with Crippen LogP contribution in [-0.2, 0) is 0 Å². The second kappa shape index (κ2) is 6.33. The van der Waals surface area contributed by atoms with E-state index < -0.39 is 0 Å². The summed E-state index contributed by atoms with van der Waals surface area (Å²) in [6, 6.07) is 16.6. The van der Waals surface area contributed by atoms with E-state index in [2.05, 4.69) is 41.5 Å². The minimum absolute atomic E-state index is 0.345. The van der Waals surface area contributed by atoms with Crippen molar-refractivity contribution >= 4 is 22.9 Å². The van der Waals surface area contributed by atoms with E-state index in [9.17, 15) is 0 Å². The van der Waals surface area contributed by atoms with Crippen LogP contribution in [0.3, 0.4) is 0 Å². The number of fused-ring (bicyclic) bond motifs is 1. The first-order valence-corrected chi connectivity index (χ1v) is 7.93. The number of benzene rings is 2. The molecule has 1 heterocycles. The number of hydrogen-bond acceptors (Lipinski definition) is 4. The lowest BCUT2D eigenvalue weighted by atomic mass is 10.1. The zero-order chi connectivity index (χ0) is 14.7. The number of nitrogens with zero attached hydrogens (tertiary/aromatic N) is 1. The lowest BCUT2D eigenvalue weighted by molar-refractivity contribution is 0.489. The molecular weight excluding hydrogens is 280 g/mol. The predicted molar refractivity (Wildman–Crippen MR) is 86.7 cm³/mol. The maximum absolute atomic E-state index is 5.81. The molecule has 3 nitrogen and oxygen atoms in total. The van der Waals surface area contributed by atoms with Crippen molar-refractivity contribution in [3.8, 4) is 0 Å². The van der Waals surface area contributed by atoms with Crippen LogP contribution in [0.2, 0.25) is 0 Å². The maximum Gasteiger partial charge on any atom is 0.261 e. The van der Waals surface area contributed by atoms with Crippen LogP contribution < -0.4 is 5.32 Å². The van der Waals surface area contributed by atoms with Crippen molar-refractivity contribution in [3.05, 3.63) is 54.1 Å². The molecule has 1 aromatic heterocycles. The molecule has 0 aliphatic carbocycles. The SMILES string of the molecule is CCC(NC)c1ccccc1Sc1nc2ccccc2o1.